The Morgan fingerprint density at radius 1 is 1.40 bits per heavy atom. The van der Waals surface area contributed by atoms with Crippen molar-refractivity contribution in [3.8, 4) is 0 Å². The molecular weight excluding hydrogens is 275 g/mol. The van der Waals surface area contributed by atoms with Gasteiger partial charge in [0.15, 0.2) is 0 Å². The molecule has 1 heterocycles. The van der Waals surface area contributed by atoms with Crippen LogP contribution >= 0.6 is 11.3 Å². The number of nitrogen functional groups attached to an aromatic ring is 1. The van der Waals surface area contributed by atoms with Gasteiger partial charge in [-0.1, -0.05) is 0 Å². The monoisotopic (exact) mass is 290 g/mol. The fourth-order valence-corrected chi connectivity index (χ4v) is 3.58. The summed E-state index contributed by atoms with van der Waals surface area (Å²) in [5.41, 5.74) is 7.43. The van der Waals surface area contributed by atoms with Crippen LogP contribution in [-0.2, 0) is 6.42 Å². The molecule has 0 aliphatic heterocycles. The van der Waals surface area contributed by atoms with E-state index in [2.05, 4.69) is 11.4 Å². The van der Waals surface area contributed by atoms with E-state index in [-0.39, 0.29) is 17.5 Å². The maximum absolute atomic E-state index is 13.2. The number of amides is 1. The summed E-state index contributed by atoms with van der Waals surface area (Å²) in [6.45, 7) is 0. The number of nitrogens with two attached hydrogens (primary N) is 1. The fraction of sp³-hybridized carbons (Fsp3) is 0.267. The van der Waals surface area contributed by atoms with Gasteiger partial charge in [0.2, 0.25) is 0 Å². The smallest absolute Gasteiger partial charge is 0.253 e. The summed E-state index contributed by atoms with van der Waals surface area (Å²) in [6, 6.07) is 5.91. The molecule has 1 aromatic heterocycles. The van der Waals surface area contributed by atoms with E-state index in [1.54, 1.807) is 11.3 Å². The van der Waals surface area contributed by atoms with E-state index in [1.807, 2.05) is 5.38 Å². The first-order valence-corrected chi connectivity index (χ1v) is 7.45. The molecule has 3 rings (SSSR count). The molecule has 0 saturated heterocycles. The Bertz CT molecular complexity index is 653. The normalized spacial score (nSPS) is 17.6. The van der Waals surface area contributed by atoms with E-state index in [9.17, 15) is 9.18 Å². The largest absolute Gasteiger partial charge is 0.398 e. The number of nitrogens with one attached hydrogen (secondary N) is 1. The lowest BCUT2D eigenvalue weighted by atomic mass is 9.94. The fourth-order valence-electron chi connectivity index (χ4n) is 2.60. The van der Waals surface area contributed by atoms with Gasteiger partial charge in [-0.15, -0.1) is 11.3 Å². The first-order chi connectivity index (χ1) is 9.65. The highest BCUT2D eigenvalue weighted by molar-refractivity contribution is 7.10. The number of rotatable bonds is 2. The third kappa shape index (κ3) is 2.41. The molecule has 1 aliphatic rings. The molecule has 3 N–H and O–H groups in total. The molecule has 1 aromatic carbocycles. The van der Waals surface area contributed by atoms with E-state index in [1.165, 1.54) is 28.6 Å². The van der Waals surface area contributed by atoms with Gasteiger partial charge in [-0.25, -0.2) is 4.39 Å². The predicted octanol–water partition coefficient (Wildman–Crippen LogP) is 3.28. The molecule has 0 saturated carbocycles. The van der Waals surface area contributed by atoms with Gasteiger partial charge in [0.05, 0.1) is 11.6 Å². The molecule has 1 unspecified atom stereocenters. The Kier molecular flexibility index (Phi) is 3.44. The molecule has 1 aliphatic carbocycles. The minimum absolute atomic E-state index is 0.000155. The van der Waals surface area contributed by atoms with Crippen molar-refractivity contribution in [2.45, 2.75) is 25.3 Å². The highest BCUT2D eigenvalue weighted by Crippen LogP contribution is 2.33. The molecule has 0 fully saturated rings. The zero-order valence-corrected chi connectivity index (χ0v) is 11.7. The van der Waals surface area contributed by atoms with E-state index < -0.39 is 5.82 Å². The zero-order chi connectivity index (χ0) is 14.1. The highest BCUT2D eigenvalue weighted by atomic mass is 32.1. The second-order valence-electron chi connectivity index (χ2n) is 4.95. The number of aryl methyl sites for hydroxylation is 1. The maximum atomic E-state index is 13.2. The Labute approximate surface area is 120 Å². The number of carbonyl (C=O) groups excluding carboxylic acids is 1. The van der Waals surface area contributed by atoms with Gasteiger partial charge >= 0.3 is 0 Å². The van der Waals surface area contributed by atoms with Crippen molar-refractivity contribution in [2.75, 3.05) is 5.73 Å². The van der Waals surface area contributed by atoms with Crippen LogP contribution in [0.3, 0.4) is 0 Å². The summed E-state index contributed by atoms with van der Waals surface area (Å²) in [5, 5.41) is 5.01. The van der Waals surface area contributed by atoms with Gasteiger partial charge in [0, 0.05) is 10.6 Å². The number of carbonyl (C=O) groups is 1. The van der Waals surface area contributed by atoms with Crippen LogP contribution < -0.4 is 11.1 Å². The van der Waals surface area contributed by atoms with Crippen LogP contribution in [0.2, 0.25) is 0 Å². The Balaban J connectivity index is 1.82. The number of halogens is 1. The number of fused-ring (bicyclic) bond motifs is 1. The van der Waals surface area contributed by atoms with Gasteiger partial charge in [0.25, 0.3) is 5.91 Å². The Morgan fingerprint density at radius 2 is 2.25 bits per heavy atom. The van der Waals surface area contributed by atoms with Crippen LogP contribution in [-0.4, -0.2) is 5.91 Å². The summed E-state index contributed by atoms with van der Waals surface area (Å²) in [4.78, 5) is 13.6. The molecule has 1 atom stereocenters. The van der Waals surface area contributed by atoms with E-state index in [4.69, 9.17) is 5.73 Å². The highest BCUT2D eigenvalue weighted by Gasteiger charge is 2.23. The van der Waals surface area contributed by atoms with Crippen molar-refractivity contribution >= 4 is 22.9 Å². The number of hydrogen-bond donors (Lipinski definition) is 2. The molecule has 5 heteroatoms. The van der Waals surface area contributed by atoms with E-state index in [0.29, 0.717) is 5.69 Å². The summed E-state index contributed by atoms with van der Waals surface area (Å²) in [5.74, 6) is -0.768. The molecular formula is C15H15FN2OS. The summed E-state index contributed by atoms with van der Waals surface area (Å²) in [6.07, 6.45) is 3.03. The van der Waals surface area contributed by atoms with Crippen molar-refractivity contribution in [1.82, 2.24) is 5.32 Å². The predicted molar refractivity (Wildman–Crippen MR) is 78.3 cm³/mol. The van der Waals surface area contributed by atoms with Crippen LogP contribution in [0.5, 0.6) is 0 Å². The SMILES string of the molecule is Nc1ccc(F)cc1C(=O)NC1CCCc2sccc21. The lowest BCUT2D eigenvalue weighted by molar-refractivity contribution is 0.0933. The molecule has 0 spiro atoms. The molecule has 104 valence electrons. The first-order valence-electron chi connectivity index (χ1n) is 6.57. The second-order valence-corrected chi connectivity index (χ2v) is 5.95. The Morgan fingerprint density at radius 3 is 3.10 bits per heavy atom. The van der Waals surface area contributed by atoms with Gasteiger partial charge in [-0.3, -0.25) is 4.79 Å². The standard InChI is InChI=1S/C15H15FN2OS/c16-9-4-5-12(17)11(8-9)15(19)18-13-2-1-3-14-10(13)6-7-20-14/h4-8,13H,1-3,17H2,(H,18,19). The van der Waals surface area contributed by atoms with Crippen molar-refractivity contribution in [1.29, 1.82) is 0 Å². The van der Waals surface area contributed by atoms with Gasteiger partial charge in [-0.05, 0) is 54.5 Å². The van der Waals surface area contributed by atoms with Crippen LogP contribution in [0.25, 0.3) is 0 Å². The maximum Gasteiger partial charge on any atom is 0.253 e. The van der Waals surface area contributed by atoms with Crippen LogP contribution in [0.15, 0.2) is 29.6 Å². The third-order valence-corrected chi connectivity index (χ3v) is 4.61. The lowest BCUT2D eigenvalue weighted by Gasteiger charge is -2.24. The minimum Gasteiger partial charge on any atom is -0.398 e. The number of anilines is 1. The van der Waals surface area contributed by atoms with Crippen LogP contribution in [0.1, 0.15) is 39.7 Å². The molecule has 0 bridgehead atoms. The number of thiophene rings is 1. The molecule has 2 aromatic rings. The number of benzene rings is 1. The average Bonchev–Trinajstić information content (AvgIpc) is 2.91. The van der Waals surface area contributed by atoms with E-state index in [0.717, 1.165) is 19.3 Å². The summed E-state index contributed by atoms with van der Waals surface area (Å²) in [7, 11) is 0. The molecule has 1 amide bonds. The Hall–Kier alpha value is -1.88. The molecule has 20 heavy (non-hydrogen) atoms. The van der Waals surface area contributed by atoms with Crippen molar-refractivity contribution in [3.63, 3.8) is 0 Å². The minimum atomic E-state index is -0.454. The van der Waals surface area contributed by atoms with Crippen molar-refractivity contribution in [2.24, 2.45) is 0 Å². The van der Waals surface area contributed by atoms with Gasteiger partial charge in [-0.2, -0.15) is 0 Å². The van der Waals surface area contributed by atoms with Crippen LogP contribution in [0.4, 0.5) is 10.1 Å². The van der Waals surface area contributed by atoms with Gasteiger partial charge in [0.1, 0.15) is 5.82 Å². The van der Waals surface area contributed by atoms with Crippen molar-refractivity contribution in [3.05, 3.63) is 51.5 Å². The van der Waals surface area contributed by atoms with Gasteiger partial charge < -0.3 is 11.1 Å². The topological polar surface area (TPSA) is 55.1 Å². The van der Waals surface area contributed by atoms with E-state index >= 15 is 0 Å². The van der Waals surface area contributed by atoms with Crippen molar-refractivity contribution < 1.29 is 9.18 Å². The molecule has 3 nitrogen and oxygen atoms in total. The zero-order valence-electron chi connectivity index (χ0n) is 10.9. The molecule has 0 radical (unpaired) electrons. The summed E-state index contributed by atoms with van der Waals surface area (Å²) < 4.78 is 13.2. The van der Waals surface area contributed by atoms with Crippen LogP contribution in [0, 0.1) is 5.82 Å². The number of hydrogen-bond acceptors (Lipinski definition) is 3. The quantitative estimate of drug-likeness (QED) is 0.834. The average molecular weight is 290 g/mol. The third-order valence-electron chi connectivity index (χ3n) is 3.62. The lowest BCUT2D eigenvalue weighted by Crippen LogP contribution is -2.31. The second kappa shape index (κ2) is 5.25. The summed E-state index contributed by atoms with van der Waals surface area (Å²) >= 11 is 1.72. The first kappa shape index (κ1) is 13.1.